The van der Waals surface area contributed by atoms with Gasteiger partial charge >= 0.3 is 0 Å². The van der Waals surface area contributed by atoms with Crippen molar-refractivity contribution in [2.45, 2.75) is 52.4 Å². The van der Waals surface area contributed by atoms with Gasteiger partial charge in [0.15, 0.2) is 0 Å². The van der Waals surface area contributed by atoms with Gasteiger partial charge in [-0.05, 0) is 126 Å². The quantitative estimate of drug-likeness (QED) is 0.132. The maximum atomic E-state index is 5.02. The van der Waals surface area contributed by atoms with Crippen molar-refractivity contribution in [1.82, 2.24) is 9.97 Å². The van der Waals surface area contributed by atoms with Gasteiger partial charge in [0.05, 0.1) is 5.69 Å². The van der Waals surface area contributed by atoms with E-state index in [-0.39, 0.29) is 0 Å². The van der Waals surface area contributed by atoms with Crippen LogP contribution in [0.5, 0.6) is 0 Å². The summed E-state index contributed by atoms with van der Waals surface area (Å²) in [6.07, 6.45) is 8.14. The van der Waals surface area contributed by atoms with Gasteiger partial charge in [0.25, 0.3) is 0 Å². The average molecular weight is 649 g/mol. The molecule has 0 spiro atoms. The zero-order valence-corrected chi connectivity index (χ0v) is 29.1. The normalized spacial score (nSPS) is 11.1. The maximum absolute atomic E-state index is 5.02. The topological polar surface area (TPSA) is 25.8 Å². The van der Waals surface area contributed by atoms with Crippen LogP contribution in [0.15, 0.2) is 158 Å². The monoisotopic (exact) mass is 648 g/mol. The van der Waals surface area contributed by atoms with Gasteiger partial charge in [-0.2, -0.15) is 0 Å². The van der Waals surface area contributed by atoms with E-state index in [0.29, 0.717) is 0 Å². The Morgan fingerprint density at radius 1 is 0.400 bits per heavy atom. The van der Waals surface area contributed by atoms with Gasteiger partial charge in [-0.25, -0.2) is 0 Å². The number of aromatic nitrogens is 2. The molecule has 0 saturated carbocycles. The van der Waals surface area contributed by atoms with E-state index in [1.807, 2.05) is 6.92 Å². The molecule has 0 unspecified atom stereocenters. The van der Waals surface area contributed by atoms with Gasteiger partial charge in [0.1, 0.15) is 0 Å². The van der Waals surface area contributed by atoms with Crippen molar-refractivity contribution in [3.8, 4) is 33.5 Å². The van der Waals surface area contributed by atoms with E-state index in [2.05, 4.69) is 165 Å². The SMILES string of the molecule is Cc1ccc(-c2cc(-c3ccc(-c4ccccc4)cc3)c(CCc3cc(CCc4ccccc4)cc(CCc4ccccc4)c3)cn2)c(C)n1. The summed E-state index contributed by atoms with van der Waals surface area (Å²) in [4.78, 5) is 9.77. The number of nitrogens with zero attached hydrogens (tertiary/aromatic N) is 2. The van der Waals surface area contributed by atoms with Crippen molar-refractivity contribution in [2.24, 2.45) is 0 Å². The second kappa shape index (κ2) is 15.7. The molecule has 246 valence electrons. The molecule has 2 heterocycles. The summed E-state index contributed by atoms with van der Waals surface area (Å²) in [5.41, 5.74) is 17.2. The highest BCUT2D eigenvalue weighted by Crippen LogP contribution is 2.32. The smallest absolute Gasteiger partial charge is 0.0726 e. The Morgan fingerprint density at radius 2 is 0.880 bits per heavy atom. The van der Waals surface area contributed by atoms with Crippen LogP contribution in [0, 0.1) is 13.8 Å². The number of rotatable bonds is 12. The zero-order chi connectivity index (χ0) is 34.1. The first-order valence-electron chi connectivity index (χ1n) is 17.9. The molecule has 0 saturated heterocycles. The van der Waals surface area contributed by atoms with Crippen molar-refractivity contribution >= 4 is 0 Å². The minimum absolute atomic E-state index is 0.911. The molecule has 0 aliphatic heterocycles. The first-order chi connectivity index (χ1) is 24.6. The first-order valence-corrected chi connectivity index (χ1v) is 17.9. The van der Waals surface area contributed by atoms with Crippen molar-refractivity contribution in [2.75, 3.05) is 0 Å². The van der Waals surface area contributed by atoms with Crippen LogP contribution in [-0.2, 0) is 38.5 Å². The molecule has 0 radical (unpaired) electrons. The lowest BCUT2D eigenvalue weighted by atomic mass is 9.91. The zero-order valence-electron chi connectivity index (χ0n) is 29.1. The average Bonchev–Trinajstić information content (AvgIpc) is 3.17. The summed E-state index contributed by atoms with van der Waals surface area (Å²) < 4.78 is 0. The Labute approximate surface area is 297 Å². The lowest BCUT2D eigenvalue weighted by Crippen LogP contribution is -2.01. The second-order valence-electron chi connectivity index (χ2n) is 13.4. The molecule has 0 fully saturated rings. The molecule has 2 nitrogen and oxygen atoms in total. The Hall–Kier alpha value is -5.60. The maximum Gasteiger partial charge on any atom is 0.0726 e. The lowest BCUT2D eigenvalue weighted by Gasteiger charge is -2.15. The molecule has 50 heavy (non-hydrogen) atoms. The van der Waals surface area contributed by atoms with E-state index in [9.17, 15) is 0 Å². The summed E-state index contributed by atoms with van der Waals surface area (Å²) in [7, 11) is 0. The Morgan fingerprint density at radius 3 is 1.44 bits per heavy atom. The van der Waals surface area contributed by atoms with Gasteiger partial charge in [-0.15, -0.1) is 0 Å². The van der Waals surface area contributed by atoms with Crippen LogP contribution >= 0.6 is 0 Å². The molecular formula is C48H44N2. The van der Waals surface area contributed by atoms with Crippen molar-refractivity contribution in [3.05, 3.63) is 203 Å². The van der Waals surface area contributed by atoms with E-state index in [1.54, 1.807) is 0 Å². The molecule has 0 N–H and O–H groups in total. The highest BCUT2D eigenvalue weighted by atomic mass is 14.7. The molecule has 0 bridgehead atoms. The largest absolute Gasteiger partial charge is 0.258 e. The summed E-state index contributed by atoms with van der Waals surface area (Å²) in [6, 6.07) is 55.1. The van der Waals surface area contributed by atoms with Crippen LogP contribution in [0.4, 0.5) is 0 Å². The predicted molar refractivity (Wildman–Crippen MR) is 209 cm³/mol. The number of benzene rings is 5. The van der Waals surface area contributed by atoms with Crippen LogP contribution in [0.25, 0.3) is 33.5 Å². The number of aryl methyl sites for hydroxylation is 8. The number of pyridine rings is 2. The second-order valence-corrected chi connectivity index (χ2v) is 13.4. The van der Waals surface area contributed by atoms with Crippen molar-refractivity contribution in [1.29, 1.82) is 0 Å². The minimum Gasteiger partial charge on any atom is -0.258 e. The molecule has 0 atom stereocenters. The van der Waals surface area contributed by atoms with Gasteiger partial charge < -0.3 is 0 Å². The van der Waals surface area contributed by atoms with Gasteiger partial charge in [0.2, 0.25) is 0 Å². The molecule has 7 aromatic rings. The number of hydrogen-bond donors (Lipinski definition) is 0. The molecular weight excluding hydrogens is 605 g/mol. The van der Waals surface area contributed by atoms with Crippen LogP contribution in [0.2, 0.25) is 0 Å². The minimum atomic E-state index is 0.911. The fourth-order valence-corrected chi connectivity index (χ4v) is 6.95. The van der Waals surface area contributed by atoms with Crippen LogP contribution in [-0.4, -0.2) is 9.97 Å². The molecule has 7 rings (SSSR count). The third-order valence-electron chi connectivity index (χ3n) is 9.68. The van der Waals surface area contributed by atoms with E-state index >= 15 is 0 Å². The molecule has 2 aromatic heterocycles. The predicted octanol–water partition coefficient (Wildman–Crippen LogP) is 11.5. The third-order valence-corrected chi connectivity index (χ3v) is 9.68. The standard InChI is InChI=1S/C48H44N2/c1-35-18-29-46(36(2)50-35)48-33-47(44-27-25-43(26-28-44)42-16-10-5-11-17-42)45(34-49-48)24-23-41-31-39(21-19-37-12-6-3-7-13-37)30-40(32-41)22-20-38-14-8-4-9-15-38/h3-18,25-34H,19-24H2,1-2H3. The fourth-order valence-electron chi connectivity index (χ4n) is 6.95. The van der Waals surface area contributed by atoms with Crippen LogP contribution in [0.3, 0.4) is 0 Å². The first kappa shape index (κ1) is 32.9. The lowest BCUT2D eigenvalue weighted by molar-refractivity contribution is 0.901. The molecule has 0 amide bonds. The molecule has 0 aliphatic carbocycles. The number of hydrogen-bond acceptors (Lipinski definition) is 2. The van der Waals surface area contributed by atoms with E-state index < -0.39 is 0 Å². The molecule has 5 aromatic carbocycles. The molecule has 0 aliphatic rings. The van der Waals surface area contributed by atoms with E-state index in [4.69, 9.17) is 9.97 Å². The highest BCUT2D eigenvalue weighted by Gasteiger charge is 2.13. The van der Waals surface area contributed by atoms with Crippen molar-refractivity contribution < 1.29 is 0 Å². The Balaban J connectivity index is 1.19. The summed E-state index contributed by atoms with van der Waals surface area (Å²) in [5.74, 6) is 0. The summed E-state index contributed by atoms with van der Waals surface area (Å²) in [6.45, 7) is 4.11. The Bertz CT molecular complexity index is 2090. The molecule has 2 heteroatoms. The third kappa shape index (κ3) is 8.33. The Kier molecular flexibility index (Phi) is 10.4. The van der Waals surface area contributed by atoms with Gasteiger partial charge in [0, 0.05) is 23.1 Å². The van der Waals surface area contributed by atoms with Crippen LogP contribution in [0.1, 0.15) is 44.8 Å². The van der Waals surface area contributed by atoms with Crippen LogP contribution < -0.4 is 0 Å². The fraction of sp³-hybridized carbons (Fsp3) is 0.167. The van der Waals surface area contributed by atoms with Gasteiger partial charge in [-0.1, -0.05) is 133 Å². The van der Waals surface area contributed by atoms with E-state index in [0.717, 1.165) is 61.2 Å². The van der Waals surface area contributed by atoms with E-state index in [1.165, 1.54) is 55.6 Å². The summed E-state index contributed by atoms with van der Waals surface area (Å²) in [5, 5.41) is 0. The van der Waals surface area contributed by atoms with Gasteiger partial charge in [-0.3, -0.25) is 9.97 Å². The highest BCUT2D eigenvalue weighted by molar-refractivity contribution is 5.76. The summed E-state index contributed by atoms with van der Waals surface area (Å²) >= 11 is 0. The van der Waals surface area contributed by atoms with Crippen molar-refractivity contribution in [3.63, 3.8) is 0 Å².